The fourth-order valence-electron chi connectivity index (χ4n) is 2.51. The van der Waals surface area contributed by atoms with Crippen molar-refractivity contribution < 1.29 is 13.9 Å². The molecule has 7 nitrogen and oxygen atoms in total. The van der Waals surface area contributed by atoms with E-state index in [0.717, 1.165) is 11.3 Å². The first-order valence-corrected chi connectivity index (χ1v) is 11.1. The highest BCUT2D eigenvalue weighted by Crippen LogP contribution is 2.34. The summed E-state index contributed by atoms with van der Waals surface area (Å²) in [5.41, 5.74) is 6.83. The molecule has 0 radical (unpaired) electrons. The van der Waals surface area contributed by atoms with E-state index in [9.17, 15) is 9.18 Å². The highest BCUT2D eigenvalue weighted by molar-refractivity contribution is 8.00. The van der Waals surface area contributed by atoms with Gasteiger partial charge in [-0.05, 0) is 62.5 Å². The van der Waals surface area contributed by atoms with Gasteiger partial charge >= 0.3 is 0 Å². The number of ether oxygens (including phenoxy) is 1. The summed E-state index contributed by atoms with van der Waals surface area (Å²) in [6.45, 7) is 6.60. The number of carbonyl (C=O) groups excluding carboxylic acids is 1. The third-order valence-corrected chi connectivity index (χ3v) is 4.96. The molecule has 3 N–H and O–H groups in total. The molecule has 10 heteroatoms. The molecule has 0 spiro atoms. The zero-order chi connectivity index (χ0) is 25.5. The molecular weight excluding hydrogens is 477 g/mol. The summed E-state index contributed by atoms with van der Waals surface area (Å²) >= 11 is 7.15. The van der Waals surface area contributed by atoms with E-state index in [2.05, 4.69) is 32.1 Å². The van der Waals surface area contributed by atoms with E-state index in [0.29, 0.717) is 27.0 Å². The number of nitrogens with zero attached hydrogens (tertiary/aromatic N) is 3. The Labute approximate surface area is 208 Å². The van der Waals surface area contributed by atoms with E-state index in [-0.39, 0.29) is 11.7 Å². The van der Waals surface area contributed by atoms with Gasteiger partial charge < -0.3 is 15.2 Å². The predicted octanol–water partition coefficient (Wildman–Crippen LogP) is 6.20. The number of aromatic nitrogens is 1. The van der Waals surface area contributed by atoms with Gasteiger partial charge in [0, 0.05) is 24.9 Å². The summed E-state index contributed by atoms with van der Waals surface area (Å²) in [5.74, 6) is -0.0817. The van der Waals surface area contributed by atoms with Crippen LogP contribution in [0.25, 0.3) is 11.1 Å². The molecule has 0 aliphatic carbocycles. The average molecular weight is 504 g/mol. The number of pyridine rings is 1. The van der Waals surface area contributed by atoms with Gasteiger partial charge in [0.2, 0.25) is 11.8 Å². The predicted molar refractivity (Wildman–Crippen MR) is 141 cm³/mol. The Hall–Kier alpha value is -3.27. The minimum atomic E-state index is -0.353. The molecule has 2 aromatic carbocycles. The second-order valence-corrected chi connectivity index (χ2v) is 7.43. The van der Waals surface area contributed by atoms with Crippen LogP contribution in [0.5, 0.6) is 5.88 Å². The van der Waals surface area contributed by atoms with Gasteiger partial charge in [-0.1, -0.05) is 35.9 Å². The Balaban J connectivity index is 0.000000631. The molecular formula is C24H27ClFN5O2S. The third-order valence-electron chi connectivity index (χ3n) is 3.92. The van der Waals surface area contributed by atoms with Crippen molar-refractivity contribution in [2.45, 2.75) is 18.7 Å². The summed E-state index contributed by atoms with van der Waals surface area (Å²) in [4.78, 5) is 21.8. The quantitative estimate of drug-likeness (QED) is 0.306. The van der Waals surface area contributed by atoms with E-state index < -0.39 is 0 Å². The summed E-state index contributed by atoms with van der Waals surface area (Å²) < 4.78 is 23.1. The molecule has 0 unspecified atom stereocenters. The number of nitrogens with one attached hydrogen (secondary N) is 1. The SMILES string of the molecule is C=Nc1ccc(-c2cccc(NSc3cc(Cl)cnc3OC)c2F)cc1.CC=NC(C)=O.CN. The number of carbonyl (C=O) groups is 1. The molecule has 3 rings (SSSR count). The highest BCUT2D eigenvalue weighted by atomic mass is 35.5. The van der Waals surface area contributed by atoms with Gasteiger partial charge in [-0.3, -0.25) is 9.79 Å². The first kappa shape index (κ1) is 28.8. The van der Waals surface area contributed by atoms with Gasteiger partial charge in [0.25, 0.3) is 0 Å². The number of anilines is 1. The van der Waals surface area contributed by atoms with Crippen LogP contribution >= 0.6 is 23.5 Å². The number of benzene rings is 2. The van der Waals surface area contributed by atoms with Crippen LogP contribution in [0.1, 0.15) is 13.8 Å². The fraction of sp³-hybridized carbons (Fsp3) is 0.167. The number of halogens is 2. The smallest absolute Gasteiger partial charge is 0.242 e. The molecule has 0 aliphatic rings. The topological polar surface area (TPSA) is 102 Å². The number of rotatable bonds is 6. The minimum absolute atomic E-state index is 0.141. The van der Waals surface area contributed by atoms with E-state index in [4.69, 9.17) is 16.3 Å². The molecule has 1 heterocycles. The van der Waals surface area contributed by atoms with Gasteiger partial charge in [0.1, 0.15) is 0 Å². The molecule has 0 aliphatic heterocycles. The van der Waals surface area contributed by atoms with E-state index >= 15 is 0 Å². The van der Waals surface area contributed by atoms with Crippen molar-refractivity contribution >= 4 is 53.8 Å². The Morgan fingerprint density at radius 3 is 2.47 bits per heavy atom. The minimum Gasteiger partial charge on any atom is -0.480 e. The lowest BCUT2D eigenvalue weighted by atomic mass is 10.0. The van der Waals surface area contributed by atoms with E-state index in [1.54, 1.807) is 43.3 Å². The first-order chi connectivity index (χ1) is 16.4. The van der Waals surface area contributed by atoms with Crippen molar-refractivity contribution in [3.63, 3.8) is 0 Å². The van der Waals surface area contributed by atoms with Gasteiger partial charge in [0.05, 0.1) is 28.4 Å². The standard InChI is InChI=1S/C19H15ClFN3OS.C4H7NO.CH5N/c1-22-14-8-6-12(7-9-14)15-4-3-5-16(18(15)21)24-26-17-10-13(20)11-23-19(17)25-2;1-3-5-4(2)6;1-2/h3-11,24H,1H2,2H3;3H,1-2H3;2H2,1H3. The lowest BCUT2D eigenvalue weighted by molar-refractivity contribution is -0.115. The molecule has 3 aromatic rings. The van der Waals surface area contributed by atoms with Gasteiger partial charge in [0.15, 0.2) is 5.82 Å². The summed E-state index contributed by atoms with van der Waals surface area (Å²) in [6, 6.07) is 14.1. The molecule has 180 valence electrons. The summed E-state index contributed by atoms with van der Waals surface area (Å²) in [5, 5.41) is 0.472. The summed E-state index contributed by atoms with van der Waals surface area (Å²) in [6.07, 6.45) is 2.97. The Kier molecular flexibility index (Phi) is 13.2. The van der Waals surface area contributed by atoms with Crippen LogP contribution in [0.2, 0.25) is 5.02 Å². The van der Waals surface area contributed by atoms with Crippen molar-refractivity contribution in [2.75, 3.05) is 18.9 Å². The maximum absolute atomic E-state index is 14.9. The number of amides is 1. The van der Waals surface area contributed by atoms with Crippen LogP contribution in [0, 0.1) is 5.82 Å². The van der Waals surface area contributed by atoms with Crippen LogP contribution < -0.4 is 15.2 Å². The summed E-state index contributed by atoms with van der Waals surface area (Å²) in [7, 11) is 3.02. The Morgan fingerprint density at radius 1 is 1.26 bits per heavy atom. The number of aliphatic imine (C=N–C) groups is 2. The van der Waals surface area contributed by atoms with Crippen molar-refractivity contribution in [2.24, 2.45) is 15.7 Å². The monoisotopic (exact) mass is 503 g/mol. The van der Waals surface area contributed by atoms with Crippen molar-refractivity contribution in [3.8, 4) is 17.0 Å². The first-order valence-electron chi connectivity index (χ1n) is 9.94. The lowest BCUT2D eigenvalue weighted by Crippen LogP contribution is -1.96. The largest absolute Gasteiger partial charge is 0.480 e. The van der Waals surface area contributed by atoms with Crippen LogP contribution in [0.3, 0.4) is 0 Å². The van der Waals surface area contributed by atoms with E-state index in [1.165, 1.54) is 45.4 Å². The lowest BCUT2D eigenvalue weighted by Gasteiger charge is -2.12. The molecule has 0 saturated carbocycles. The third kappa shape index (κ3) is 8.93. The zero-order valence-corrected chi connectivity index (χ0v) is 21.0. The van der Waals surface area contributed by atoms with Gasteiger partial charge in [-0.2, -0.15) is 0 Å². The van der Waals surface area contributed by atoms with Crippen LogP contribution in [0.4, 0.5) is 15.8 Å². The zero-order valence-electron chi connectivity index (χ0n) is 19.4. The molecule has 1 aromatic heterocycles. The molecule has 0 atom stereocenters. The normalized spacial score (nSPS) is 9.85. The maximum Gasteiger partial charge on any atom is 0.242 e. The van der Waals surface area contributed by atoms with Crippen molar-refractivity contribution in [1.29, 1.82) is 0 Å². The molecule has 1 amide bonds. The van der Waals surface area contributed by atoms with Crippen LogP contribution in [-0.2, 0) is 4.79 Å². The van der Waals surface area contributed by atoms with Gasteiger partial charge in [-0.25, -0.2) is 14.4 Å². The molecule has 34 heavy (non-hydrogen) atoms. The van der Waals surface area contributed by atoms with Crippen LogP contribution in [-0.4, -0.2) is 38.0 Å². The number of hydrogen-bond acceptors (Lipinski definition) is 7. The van der Waals surface area contributed by atoms with Crippen molar-refractivity contribution in [1.82, 2.24) is 4.98 Å². The molecule has 0 saturated heterocycles. The number of methoxy groups -OCH3 is 1. The second kappa shape index (κ2) is 15.5. The fourth-order valence-corrected chi connectivity index (χ4v) is 3.52. The highest BCUT2D eigenvalue weighted by Gasteiger charge is 2.12. The Morgan fingerprint density at radius 2 is 1.94 bits per heavy atom. The number of nitrogens with two attached hydrogens (primary N) is 1. The average Bonchev–Trinajstić information content (AvgIpc) is 2.85. The van der Waals surface area contributed by atoms with E-state index in [1.807, 2.05) is 12.1 Å². The van der Waals surface area contributed by atoms with Crippen LogP contribution in [0.15, 0.2) is 69.6 Å². The Bertz CT molecular complexity index is 1110. The second-order valence-electron chi connectivity index (χ2n) is 6.14. The number of hydrogen-bond donors (Lipinski definition) is 2. The van der Waals surface area contributed by atoms with Crippen molar-refractivity contribution in [3.05, 3.63) is 65.6 Å². The molecule has 0 fully saturated rings. The maximum atomic E-state index is 14.9. The molecule has 0 bridgehead atoms. The van der Waals surface area contributed by atoms with Gasteiger partial charge in [-0.15, -0.1) is 0 Å².